The minimum atomic E-state index is -0.754. The second-order valence-corrected chi connectivity index (χ2v) is 6.87. The summed E-state index contributed by atoms with van der Waals surface area (Å²) in [6.45, 7) is 10.7. The third-order valence-corrected chi connectivity index (χ3v) is 2.80. The van der Waals surface area contributed by atoms with Crippen molar-refractivity contribution in [3.05, 3.63) is 24.0 Å². The molecule has 0 bridgehead atoms. The van der Waals surface area contributed by atoms with E-state index in [-0.39, 0.29) is 17.7 Å². The number of carbonyl (C=O) groups is 2. The predicted octanol–water partition coefficient (Wildman–Crippen LogP) is 3.04. The molecule has 1 aromatic carbocycles. The van der Waals surface area contributed by atoms with Gasteiger partial charge in [-0.05, 0) is 53.7 Å². The van der Waals surface area contributed by atoms with Gasteiger partial charge in [-0.25, -0.2) is 9.18 Å². The molecule has 0 saturated carbocycles. The normalized spacial score (nSPS) is 12.5. The highest BCUT2D eigenvalue weighted by atomic mass is 19.1. The van der Waals surface area contributed by atoms with Crippen LogP contribution in [0.4, 0.5) is 14.9 Å². The zero-order valence-electron chi connectivity index (χ0n) is 15.0. The van der Waals surface area contributed by atoms with Crippen LogP contribution in [0.1, 0.15) is 41.5 Å². The number of rotatable bonds is 5. The molecule has 7 heteroatoms. The topological polar surface area (TPSA) is 79.5 Å². The van der Waals surface area contributed by atoms with Gasteiger partial charge >= 0.3 is 6.03 Å². The zero-order chi connectivity index (χ0) is 18.5. The van der Waals surface area contributed by atoms with Crippen molar-refractivity contribution in [3.8, 4) is 5.75 Å². The monoisotopic (exact) mass is 339 g/mol. The molecule has 1 atom stereocenters. The number of carbonyl (C=O) groups excluding carboxylic acids is 2. The standard InChI is InChI=1S/C17H26FN3O3/c1-10(2)24-12-7-8-14(13(18)9-12)20-16(23)19-11(3)15(22)21-17(4,5)6/h7-11H,1-6H3,(H,21,22)(H2,19,20,23). The predicted molar refractivity (Wildman–Crippen MR) is 91.7 cm³/mol. The third kappa shape index (κ3) is 6.85. The lowest BCUT2D eigenvalue weighted by molar-refractivity contribution is -0.123. The maximum absolute atomic E-state index is 14.0. The summed E-state index contributed by atoms with van der Waals surface area (Å²) in [5.41, 5.74) is -0.394. The summed E-state index contributed by atoms with van der Waals surface area (Å²) in [4.78, 5) is 23.8. The molecule has 1 aromatic rings. The number of amides is 3. The quantitative estimate of drug-likeness (QED) is 0.771. The van der Waals surface area contributed by atoms with Gasteiger partial charge < -0.3 is 20.7 Å². The fraction of sp³-hybridized carbons (Fsp3) is 0.529. The van der Waals surface area contributed by atoms with Crippen LogP contribution in [0, 0.1) is 5.82 Å². The molecule has 0 aromatic heterocycles. The minimum absolute atomic E-state index is 0.00651. The van der Waals surface area contributed by atoms with Crippen molar-refractivity contribution in [3.63, 3.8) is 0 Å². The molecule has 3 N–H and O–H groups in total. The smallest absolute Gasteiger partial charge is 0.319 e. The molecule has 0 spiro atoms. The van der Waals surface area contributed by atoms with Crippen LogP contribution in [0.2, 0.25) is 0 Å². The van der Waals surface area contributed by atoms with Gasteiger partial charge in [0.05, 0.1) is 11.8 Å². The fourth-order valence-electron chi connectivity index (χ4n) is 1.84. The Morgan fingerprint density at radius 3 is 2.29 bits per heavy atom. The first kappa shape index (κ1) is 19.7. The van der Waals surface area contributed by atoms with Gasteiger partial charge in [0.25, 0.3) is 0 Å². The van der Waals surface area contributed by atoms with Gasteiger partial charge in [0.1, 0.15) is 17.6 Å². The second-order valence-electron chi connectivity index (χ2n) is 6.87. The lowest BCUT2D eigenvalue weighted by atomic mass is 10.1. The Balaban J connectivity index is 2.63. The molecular formula is C17H26FN3O3. The van der Waals surface area contributed by atoms with Crippen molar-refractivity contribution >= 4 is 17.6 Å². The molecule has 0 aliphatic rings. The lowest BCUT2D eigenvalue weighted by Gasteiger charge is -2.23. The highest BCUT2D eigenvalue weighted by Crippen LogP contribution is 2.21. The molecule has 0 aliphatic carbocycles. The number of urea groups is 1. The Morgan fingerprint density at radius 2 is 1.79 bits per heavy atom. The average molecular weight is 339 g/mol. The summed E-state index contributed by atoms with van der Waals surface area (Å²) in [5, 5.41) is 7.60. The van der Waals surface area contributed by atoms with Crippen LogP contribution < -0.4 is 20.7 Å². The molecule has 1 rings (SSSR count). The van der Waals surface area contributed by atoms with E-state index in [1.807, 2.05) is 34.6 Å². The molecule has 0 radical (unpaired) electrons. The number of hydrogen-bond acceptors (Lipinski definition) is 3. The molecule has 0 fully saturated rings. The first-order valence-electron chi connectivity index (χ1n) is 7.83. The number of ether oxygens (including phenoxy) is 1. The van der Waals surface area contributed by atoms with Crippen LogP contribution in [0.25, 0.3) is 0 Å². The van der Waals surface area contributed by atoms with Crippen molar-refractivity contribution in [1.29, 1.82) is 0 Å². The Hall–Kier alpha value is -2.31. The van der Waals surface area contributed by atoms with Gasteiger partial charge in [0.15, 0.2) is 0 Å². The second kappa shape index (κ2) is 7.99. The Labute approximate surface area is 142 Å². The Morgan fingerprint density at radius 1 is 1.17 bits per heavy atom. The molecular weight excluding hydrogens is 313 g/mol. The van der Waals surface area contributed by atoms with Crippen molar-refractivity contribution in [2.45, 2.75) is 59.2 Å². The van der Waals surface area contributed by atoms with E-state index in [9.17, 15) is 14.0 Å². The first-order valence-corrected chi connectivity index (χ1v) is 7.83. The minimum Gasteiger partial charge on any atom is -0.491 e. The van der Waals surface area contributed by atoms with Crippen LogP contribution >= 0.6 is 0 Å². The summed E-state index contributed by atoms with van der Waals surface area (Å²) in [6.07, 6.45) is -0.0753. The van der Waals surface area contributed by atoms with E-state index in [0.717, 1.165) is 0 Å². The number of hydrogen-bond donors (Lipinski definition) is 3. The number of nitrogens with one attached hydrogen (secondary N) is 3. The average Bonchev–Trinajstić information content (AvgIpc) is 2.39. The number of halogens is 1. The van der Waals surface area contributed by atoms with Gasteiger partial charge in [-0.3, -0.25) is 4.79 Å². The number of benzene rings is 1. The fourth-order valence-corrected chi connectivity index (χ4v) is 1.84. The molecule has 3 amide bonds. The molecule has 0 saturated heterocycles. The maximum atomic E-state index is 14.0. The van der Waals surface area contributed by atoms with Crippen molar-refractivity contribution in [1.82, 2.24) is 10.6 Å². The van der Waals surface area contributed by atoms with E-state index in [4.69, 9.17) is 4.74 Å². The van der Waals surface area contributed by atoms with Gasteiger partial charge in [0.2, 0.25) is 5.91 Å². The summed E-state index contributed by atoms with van der Waals surface area (Å²) in [5.74, 6) is -0.555. The molecule has 6 nitrogen and oxygen atoms in total. The molecule has 24 heavy (non-hydrogen) atoms. The van der Waals surface area contributed by atoms with Crippen molar-refractivity contribution in [2.75, 3.05) is 5.32 Å². The van der Waals surface area contributed by atoms with Gasteiger partial charge in [-0.1, -0.05) is 0 Å². The van der Waals surface area contributed by atoms with Gasteiger partial charge in [0, 0.05) is 11.6 Å². The summed E-state index contributed by atoms with van der Waals surface area (Å²) in [7, 11) is 0. The third-order valence-electron chi connectivity index (χ3n) is 2.80. The van der Waals surface area contributed by atoms with Crippen LogP contribution in [-0.4, -0.2) is 29.6 Å². The van der Waals surface area contributed by atoms with E-state index in [2.05, 4.69) is 16.0 Å². The van der Waals surface area contributed by atoms with Gasteiger partial charge in [-0.15, -0.1) is 0 Å². The molecule has 0 aliphatic heterocycles. The van der Waals surface area contributed by atoms with E-state index in [1.54, 1.807) is 13.0 Å². The summed E-state index contributed by atoms with van der Waals surface area (Å²) in [6, 6.07) is 2.76. The Kier molecular flexibility index (Phi) is 6.57. The van der Waals surface area contributed by atoms with E-state index in [1.165, 1.54) is 12.1 Å². The van der Waals surface area contributed by atoms with Crippen LogP contribution in [0.15, 0.2) is 18.2 Å². The van der Waals surface area contributed by atoms with E-state index < -0.39 is 23.4 Å². The highest BCUT2D eigenvalue weighted by molar-refractivity contribution is 5.93. The van der Waals surface area contributed by atoms with Crippen molar-refractivity contribution in [2.24, 2.45) is 0 Å². The zero-order valence-corrected chi connectivity index (χ0v) is 15.0. The molecule has 134 valence electrons. The SMILES string of the molecule is CC(C)Oc1ccc(NC(=O)NC(C)C(=O)NC(C)(C)C)c(F)c1. The summed E-state index contributed by atoms with van der Waals surface area (Å²) < 4.78 is 19.4. The van der Waals surface area contributed by atoms with Gasteiger partial charge in [-0.2, -0.15) is 0 Å². The number of anilines is 1. The first-order chi connectivity index (χ1) is 11.0. The summed E-state index contributed by atoms with van der Waals surface area (Å²) >= 11 is 0. The highest BCUT2D eigenvalue weighted by Gasteiger charge is 2.21. The largest absolute Gasteiger partial charge is 0.491 e. The van der Waals surface area contributed by atoms with Crippen LogP contribution in [-0.2, 0) is 4.79 Å². The van der Waals surface area contributed by atoms with Crippen molar-refractivity contribution < 1.29 is 18.7 Å². The van der Waals surface area contributed by atoms with Crippen LogP contribution in [0.3, 0.4) is 0 Å². The van der Waals surface area contributed by atoms with E-state index >= 15 is 0 Å². The molecule has 1 unspecified atom stereocenters. The molecule has 0 heterocycles. The van der Waals surface area contributed by atoms with E-state index in [0.29, 0.717) is 5.75 Å². The maximum Gasteiger partial charge on any atom is 0.319 e. The Bertz CT molecular complexity index is 597. The van der Waals surface area contributed by atoms with Crippen LogP contribution in [0.5, 0.6) is 5.75 Å². The lowest BCUT2D eigenvalue weighted by Crippen LogP contribution is -2.51.